The van der Waals surface area contributed by atoms with Crippen LogP contribution in [0.25, 0.3) is 0 Å². The van der Waals surface area contributed by atoms with Crippen LogP contribution in [-0.2, 0) is 20.7 Å². The van der Waals surface area contributed by atoms with Crippen molar-refractivity contribution >= 4 is 11.9 Å². The molecule has 1 amide bonds. The Labute approximate surface area is 209 Å². The molecule has 4 rings (SSSR count). The Morgan fingerprint density at radius 2 is 1.89 bits per heavy atom. The molecule has 1 aromatic carbocycles. The molecule has 1 heterocycles. The van der Waals surface area contributed by atoms with Gasteiger partial charge in [-0.2, -0.15) is 0 Å². The van der Waals surface area contributed by atoms with Gasteiger partial charge in [0.05, 0.1) is 6.10 Å². The molecule has 0 aromatic heterocycles. The number of rotatable bonds is 3. The van der Waals surface area contributed by atoms with E-state index in [2.05, 4.69) is 50.0 Å². The van der Waals surface area contributed by atoms with E-state index in [-0.39, 0.29) is 29.7 Å². The molecule has 0 unspecified atom stereocenters. The smallest absolute Gasteiger partial charge is 0.303 e. The van der Waals surface area contributed by atoms with Gasteiger partial charge in [0.1, 0.15) is 11.5 Å². The first-order chi connectivity index (χ1) is 16.7. The number of carbonyl (C=O) groups excluding carboxylic acids is 2. The summed E-state index contributed by atoms with van der Waals surface area (Å²) in [4.78, 5) is 26.5. The van der Waals surface area contributed by atoms with Crippen LogP contribution in [0.1, 0.15) is 46.1 Å². The second-order valence-electron chi connectivity index (χ2n) is 11.0. The van der Waals surface area contributed by atoms with E-state index in [4.69, 9.17) is 4.74 Å². The first-order valence-corrected chi connectivity index (χ1v) is 12.9. The zero-order valence-electron chi connectivity index (χ0n) is 21.3. The summed E-state index contributed by atoms with van der Waals surface area (Å²) in [6, 6.07) is 9.94. The van der Waals surface area contributed by atoms with E-state index in [0.29, 0.717) is 12.3 Å². The zero-order valence-corrected chi connectivity index (χ0v) is 21.3. The number of hydrogen-bond donors (Lipinski definition) is 2. The van der Waals surface area contributed by atoms with Crippen molar-refractivity contribution in [2.45, 2.75) is 65.2 Å². The fraction of sp³-hybridized carbons (Fsp3) is 0.533. The van der Waals surface area contributed by atoms with Gasteiger partial charge in [0.25, 0.3) is 0 Å². The maximum Gasteiger partial charge on any atom is 0.303 e. The Bertz CT molecular complexity index is 1010. The van der Waals surface area contributed by atoms with Crippen molar-refractivity contribution in [2.24, 2.45) is 35.0 Å². The van der Waals surface area contributed by atoms with Crippen LogP contribution in [0.15, 0.2) is 66.8 Å². The fourth-order valence-electron chi connectivity index (χ4n) is 6.85. The molecule has 5 nitrogen and oxygen atoms in total. The highest BCUT2D eigenvalue weighted by molar-refractivity contribution is 5.89. The number of esters is 1. The number of ether oxygens (including phenoxy) is 1. The van der Waals surface area contributed by atoms with Gasteiger partial charge in [-0.15, -0.1) is 0 Å². The summed E-state index contributed by atoms with van der Waals surface area (Å²) < 4.78 is 5.95. The first-order valence-electron chi connectivity index (χ1n) is 12.9. The molecule has 0 bridgehead atoms. The van der Waals surface area contributed by atoms with Crippen LogP contribution in [0.2, 0.25) is 0 Å². The average Bonchev–Trinajstić information content (AvgIpc) is 3.08. The third-order valence-corrected chi connectivity index (χ3v) is 8.42. The number of benzene rings is 1. The third-order valence-electron chi connectivity index (χ3n) is 8.42. The molecule has 2 aliphatic carbocycles. The van der Waals surface area contributed by atoms with Gasteiger partial charge in [0, 0.05) is 24.8 Å². The zero-order chi connectivity index (χ0) is 25.3. The Kier molecular flexibility index (Phi) is 7.37. The Balaban J connectivity index is 1.90. The molecular formula is C30H39NO4. The van der Waals surface area contributed by atoms with Crippen LogP contribution in [0.5, 0.6) is 0 Å². The van der Waals surface area contributed by atoms with Crippen molar-refractivity contribution in [3.8, 4) is 0 Å². The summed E-state index contributed by atoms with van der Waals surface area (Å²) in [5.41, 5.74) is 0.729. The van der Waals surface area contributed by atoms with Crippen LogP contribution in [0.3, 0.4) is 0 Å². The molecule has 188 valence electrons. The van der Waals surface area contributed by atoms with Gasteiger partial charge in [-0.1, -0.05) is 75.9 Å². The lowest BCUT2D eigenvalue weighted by atomic mass is 9.51. The minimum Gasteiger partial charge on any atom is -0.457 e. The SMILES string of the molecule is C=C1[C@@H](O)[C@@H]2/C=C/C[C@H](C)C[C@H](C)/C=C/[C@@H](OC(C)=O)[C@]23C(=O)N[C@@H](Cc2ccccc2)[C@@H]3[C@H]1C. The fourth-order valence-corrected chi connectivity index (χ4v) is 6.85. The highest BCUT2D eigenvalue weighted by Crippen LogP contribution is 2.58. The topological polar surface area (TPSA) is 75.6 Å². The molecule has 1 saturated carbocycles. The van der Waals surface area contributed by atoms with Gasteiger partial charge < -0.3 is 15.2 Å². The highest BCUT2D eigenvalue weighted by Gasteiger charge is 2.68. The van der Waals surface area contributed by atoms with E-state index in [1.54, 1.807) is 0 Å². The second-order valence-corrected chi connectivity index (χ2v) is 11.0. The van der Waals surface area contributed by atoms with Gasteiger partial charge in [0.15, 0.2) is 0 Å². The predicted molar refractivity (Wildman–Crippen MR) is 137 cm³/mol. The van der Waals surface area contributed by atoms with Crippen LogP contribution in [-0.4, -0.2) is 35.2 Å². The lowest BCUT2D eigenvalue weighted by Gasteiger charge is -2.52. The van der Waals surface area contributed by atoms with Gasteiger partial charge in [-0.05, 0) is 54.2 Å². The third kappa shape index (κ3) is 4.63. The standard InChI is InChI=1S/C30H39NO4/c1-18-10-9-13-24-28(33)21(4)20(3)27-25(17-23-11-7-6-8-12-23)31-29(34)30(24,27)26(35-22(5)32)15-14-19(2)16-18/h6-9,11-15,18-20,24-28,33H,4,10,16-17H2,1-3,5H3,(H,31,34)/b13-9+,15-14+/t18-,19+,20-,24-,25-,26+,27-,28+,30+/m0/s1. The Hall–Kier alpha value is -2.66. The maximum atomic E-state index is 14.1. The first kappa shape index (κ1) is 25.4. The molecule has 9 atom stereocenters. The van der Waals surface area contributed by atoms with E-state index < -0.39 is 29.5 Å². The van der Waals surface area contributed by atoms with Crippen LogP contribution in [0.4, 0.5) is 0 Å². The average molecular weight is 478 g/mol. The Morgan fingerprint density at radius 3 is 2.57 bits per heavy atom. The summed E-state index contributed by atoms with van der Waals surface area (Å²) in [6.07, 6.45) is 8.90. The van der Waals surface area contributed by atoms with E-state index in [9.17, 15) is 14.7 Å². The quantitative estimate of drug-likeness (QED) is 0.492. The molecular weight excluding hydrogens is 438 g/mol. The number of allylic oxidation sites excluding steroid dienone is 2. The molecule has 2 N–H and O–H groups in total. The molecule has 3 aliphatic rings. The lowest BCUT2D eigenvalue weighted by Crippen LogP contribution is -2.60. The molecule has 0 radical (unpaired) electrons. The minimum absolute atomic E-state index is 0.143. The monoisotopic (exact) mass is 477 g/mol. The highest BCUT2D eigenvalue weighted by atomic mass is 16.5. The van der Waals surface area contributed by atoms with Crippen LogP contribution < -0.4 is 5.32 Å². The van der Waals surface area contributed by atoms with Gasteiger partial charge >= 0.3 is 5.97 Å². The molecule has 1 spiro atoms. The van der Waals surface area contributed by atoms with Crippen molar-refractivity contribution in [1.82, 2.24) is 5.32 Å². The van der Waals surface area contributed by atoms with Crippen molar-refractivity contribution in [3.05, 3.63) is 72.4 Å². The molecule has 2 fully saturated rings. The summed E-state index contributed by atoms with van der Waals surface area (Å²) in [6.45, 7) is 12.1. The van der Waals surface area contributed by atoms with Gasteiger partial charge in [-0.3, -0.25) is 9.59 Å². The van der Waals surface area contributed by atoms with Crippen molar-refractivity contribution in [1.29, 1.82) is 0 Å². The number of amides is 1. The number of carbonyl (C=O) groups is 2. The van der Waals surface area contributed by atoms with E-state index in [0.717, 1.165) is 24.0 Å². The van der Waals surface area contributed by atoms with E-state index >= 15 is 0 Å². The van der Waals surface area contributed by atoms with E-state index in [1.807, 2.05) is 37.3 Å². The molecule has 1 aromatic rings. The molecule has 35 heavy (non-hydrogen) atoms. The number of nitrogens with one attached hydrogen (secondary N) is 1. The number of hydrogen-bond acceptors (Lipinski definition) is 4. The maximum absolute atomic E-state index is 14.1. The lowest BCUT2D eigenvalue weighted by molar-refractivity contribution is -0.166. The summed E-state index contributed by atoms with van der Waals surface area (Å²) in [5.74, 6) is -0.767. The summed E-state index contributed by atoms with van der Waals surface area (Å²) >= 11 is 0. The largest absolute Gasteiger partial charge is 0.457 e. The molecule has 5 heteroatoms. The van der Waals surface area contributed by atoms with Gasteiger partial charge in [0.2, 0.25) is 5.91 Å². The minimum atomic E-state index is -1.13. The van der Waals surface area contributed by atoms with Gasteiger partial charge in [-0.25, -0.2) is 0 Å². The Morgan fingerprint density at radius 1 is 1.17 bits per heavy atom. The van der Waals surface area contributed by atoms with Crippen molar-refractivity contribution < 1.29 is 19.4 Å². The van der Waals surface area contributed by atoms with Crippen molar-refractivity contribution in [3.63, 3.8) is 0 Å². The van der Waals surface area contributed by atoms with E-state index in [1.165, 1.54) is 6.92 Å². The summed E-state index contributed by atoms with van der Waals surface area (Å²) in [7, 11) is 0. The van der Waals surface area contributed by atoms with Crippen molar-refractivity contribution in [2.75, 3.05) is 0 Å². The van der Waals surface area contributed by atoms with Crippen LogP contribution >= 0.6 is 0 Å². The summed E-state index contributed by atoms with van der Waals surface area (Å²) in [5, 5.41) is 14.8. The molecule has 1 aliphatic heterocycles. The van der Waals surface area contributed by atoms with Crippen LogP contribution in [0, 0.1) is 35.0 Å². The number of aliphatic hydroxyl groups is 1. The normalized spacial score (nSPS) is 41.1. The second kappa shape index (κ2) is 10.1. The molecule has 1 saturated heterocycles. The number of aliphatic hydroxyl groups excluding tert-OH is 1. The predicted octanol–water partition coefficient (Wildman–Crippen LogP) is 4.62.